The van der Waals surface area contributed by atoms with E-state index >= 15 is 0 Å². The van der Waals surface area contributed by atoms with Crippen molar-refractivity contribution >= 4 is 68.5 Å². The second-order valence-electron chi connectivity index (χ2n) is 20.8. The van der Waals surface area contributed by atoms with Crippen LogP contribution in [0.3, 0.4) is 0 Å². The van der Waals surface area contributed by atoms with Crippen molar-refractivity contribution in [3.05, 3.63) is 308 Å². The minimum Gasteiger partial charge on any atom is -0.493 e. The van der Waals surface area contributed by atoms with E-state index in [1.807, 2.05) is 54.9 Å². The van der Waals surface area contributed by atoms with Crippen LogP contribution in [0.2, 0.25) is 0 Å². The third-order valence-corrected chi connectivity index (χ3v) is 15.3. The van der Waals surface area contributed by atoms with Gasteiger partial charge in [0.05, 0.1) is 11.4 Å². The van der Waals surface area contributed by atoms with Crippen LogP contribution in [0.25, 0.3) is 22.3 Å². The zero-order valence-corrected chi connectivity index (χ0v) is 55.4. The molecule has 0 atom stereocenters. The molecule has 11 aromatic rings. The molecule has 85 heavy (non-hydrogen) atoms. The maximum atomic E-state index is 4.69. The zero-order valence-electron chi connectivity index (χ0n) is 48.2. The number of hydrogen-bond donors (Lipinski definition) is 0. The topological polar surface area (TPSA) is 45.2 Å². The number of hydrogen-bond acceptors (Lipinski definition) is 8. The van der Waals surface area contributed by atoms with Crippen molar-refractivity contribution < 1.29 is 60.3 Å². The summed E-state index contributed by atoms with van der Waals surface area (Å²) in [7, 11) is 0. The molecule has 14 rings (SSSR count). The van der Waals surface area contributed by atoms with Gasteiger partial charge < -0.3 is 29.4 Å². The summed E-state index contributed by atoms with van der Waals surface area (Å²) in [6, 6.07) is 85.7. The van der Waals surface area contributed by atoms with Crippen molar-refractivity contribution in [2.24, 2.45) is 0 Å². The number of aryl methyl sites for hydroxylation is 7. The van der Waals surface area contributed by atoms with Gasteiger partial charge in [-0.2, -0.15) is 66.7 Å². The molecule has 11 heteroatoms. The van der Waals surface area contributed by atoms with E-state index in [0.29, 0.717) is 0 Å². The molecular formula is C74H62Ir3N8-6. The summed E-state index contributed by atoms with van der Waals surface area (Å²) >= 11 is 0. The average molecular weight is 1640 g/mol. The van der Waals surface area contributed by atoms with Crippen LogP contribution in [0, 0.1) is 86.7 Å². The van der Waals surface area contributed by atoms with E-state index in [2.05, 4.69) is 297 Å². The number of aromatic nitrogens is 2. The molecule has 3 aliphatic heterocycles. The Balaban J connectivity index is 0.000000152. The molecule has 8 nitrogen and oxygen atoms in total. The number of para-hydroxylation sites is 6. The molecule has 0 spiro atoms. The van der Waals surface area contributed by atoms with Gasteiger partial charge >= 0.3 is 0 Å². The Morgan fingerprint density at radius 1 is 0.282 bits per heavy atom. The molecule has 3 radical (unpaired) electrons. The van der Waals surface area contributed by atoms with Crippen molar-refractivity contribution in [2.75, 3.05) is 29.4 Å². The van der Waals surface area contributed by atoms with Crippen LogP contribution >= 0.6 is 0 Å². The largest absolute Gasteiger partial charge is 0.493 e. The first-order valence-electron chi connectivity index (χ1n) is 27.7. The van der Waals surface area contributed by atoms with Gasteiger partial charge in [-0.05, 0) is 153 Å². The predicted molar refractivity (Wildman–Crippen MR) is 340 cm³/mol. The van der Waals surface area contributed by atoms with Crippen molar-refractivity contribution in [2.45, 2.75) is 48.5 Å². The summed E-state index contributed by atoms with van der Waals surface area (Å²) < 4.78 is 0. The molecule has 0 saturated heterocycles. The molecule has 0 aliphatic carbocycles. The maximum absolute atomic E-state index is 4.69. The number of benzene rings is 9. The molecule has 3 aliphatic rings. The van der Waals surface area contributed by atoms with E-state index in [0.717, 1.165) is 51.4 Å². The molecule has 9 aromatic carbocycles. The van der Waals surface area contributed by atoms with Gasteiger partial charge in [-0.15, -0.1) is 60.3 Å². The molecular weight excluding hydrogens is 1580 g/mol. The van der Waals surface area contributed by atoms with E-state index < -0.39 is 0 Å². The first-order valence-corrected chi connectivity index (χ1v) is 27.7. The van der Waals surface area contributed by atoms with E-state index in [-0.39, 0.29) is 60.3 Å². The van der Waals surface area contributed by atoms with Gasteiger partial charge in [-0.3, -0.25) is 0 Å². The molecule has 431 valence electrons. The van der Waals surface area contributed by atoms with Crippen LogP contribution in [-0.4, -0.2) is 9.97 Å². The number of pyridine rings is 2. The Morgan fingerprint density at radius 2 is 0.624 bits per heavy atom. The predicted octanol–water partition coefficient (Wildman–Crippen LogP) is 19.0. The van der Waals surface area contributed by atoms with Crippen molar-refractivity contribution in [3.8, 4) is 22.3 Å². The van der Waals surface area contributed by atoms with Crippen molar-refractivity contribution in [3.63, 3.8) is 0 Å². The Labute approximate surface area is 542 Å². The Hall–Kier alpha value is -7.97. The van der Waals surface area contributed by atoms with Crippen LogP contribution in [-0.2, 0) is 60.3 Å². The molecule has 0 amide bonds. The van der Waals surface area contributed by atoms with Crippen molar-refractivity contribution in [1.29, 1.82) is 0 Å². The van der Waals surface area contributed by atoms with Gasteiger partial charge in [0.25, 0.3) is 0 Å². The van der Waals surface area contributed by atoms with Gasteiger partial charge in [0.2, 0.25) is 0 Å². The number of fused-ring (bicyclic) bond motifs is 3. The van der Waals surface area contributed by atoms with Crippen molar-refractivity contribution in [1.82, 2.24) is 9.97 Å². The Morgan fingerprint density at radius 3 is 1.11 bits per heavy atom. The average Bonchev–Trinajstić information content (AvgIpc) is 2.94. The molecule has 2 aromatic heterocycles. The second-order valence-corrected chi connectivity index (χ2v) is 20.8. The minimum absolute atomic E-state index is 0. The van der Waals surface area contributed by atoms with Gasteiger partial charge in [0.1, 0.15) is 11.6 Å². The minimum atomic E-state index is 0. The maximum Gasteiger partial charge on any atom is 0.126 e. The Bertz CT molecular complexity index is 3860. The third-order valence-electron chi connectivity index (χ3n) is 15.3. The number of nitrogens with zero attached hydrogens (tertiary/aromatic N) is 8. The van der Waals surface area contributed by atoms with E-state index in [1.165, 1.54) is 78.3 Å². The summed E-state index contributed by atoms with van der Waals surface area (Å²) in [5, 5.41) is 0. The number of anilines is 12. The summed E-state index contributed by atoms with van der Waals surface area (Å²) in [5.74, 6) is 1.84. The first-order chi connectivity index (χ1) is 40.1. The molecule has 0 saturated carbocycles. The van der Waals surface area contributed by atoms with Crippen LogP contribution < -0.4 is 29.4 Å². The van der Waals surface area contributed by atoms with Crippen LogP contribution in [0.5, 0.6) is 0 Å². The van der Waals surface area contributed by atoms with Gasteiger partial charge in [0.15, 0.2) is 0 Å². The fraction of sp³-hybridized carbons (Fsp3) is 0.0946. The summed E-state index contributed by atoms with van der Waals surface area (Å²) in [6.45, 7) is 21.4. The SMILES string of the molecule is Cc1ccccc1N1[CH-]N(c2[c-]ccc(-c3c(C)cccc3C)c2)c2cccnc21.Cc1ccccc1N1[CH-]N(c2[c-]ccc(-c3c(C)cccc3C)c2)c2ncccc21.Cc1ccccc1N1[CH-]N(c2[c-]cccc2)c2ccccc21.[Ir].[Ir].[Ir]. The van der Waals surface area contributed by atoms with E-state index in [4.69, 9.17) is 4.98 Å². The summed E-state index contributed by atoms with van der Waals surface area (Å²) in [5.41, 5.74) is 24.8. The third kappa shape index (κ3) is 12.6. The zero-order chi connectivity index (χ0) is 56.3. The quantitative estimate of drug-likeness (QED) is 0.140. The second kappa shape index (κ2) is 27.4. The fourth-order valence-corrected chi connectivity index (χ4v) is 11.3. The van der Waals surface area contributed by atoms with Gasteiger partial charge in [-0.1, -0.05) is 103 Å². The summed E-state index contributed by atoms with van der Waals surface area (Å²) in [6.07, 6.45) is 3.69. The molecule has 5 heterocycles. The van der Waals surface area contributed by atoms with Crippen LogP contribution in [0.4, 0.5) is 68.5 Å². The van der Waals surface area contributed by atoms with Gasteiger partial charge in [-0.25, -0.2) is 9.97 Å². The first kappa shape index (κ1) is 61.6. The normalized spacial score (nSPS) is 12.6. The smallest absolute Gasteiger partial charge is 0.126 e. The monoisotopic (exact) mass is 1640 g/mol. The molecule has 0 N–H and O–H groups in total. The molecule has 0 fully saturated rings. The van der Waals surface area contributed by atoms with E-state index in [9.17, 15) is 0 Å². The van der Waals surface area contributed by atoms with Gasteiger partial charge in [0, 0.05) is 101 Å². The molecule has 0 bridgehead atoms. The summed E-state index contributed by atoms with van der Waals surface area (Å²) in [4.78, 5) is 22.5. The van der Waals surface area contributed by atoms with Crippen LogP contribution in [0.15, 0.2) is 231 Å². The standard InChI is InChI=1S/2C27H23N3.C20H16N2.3Ir/c1-19-9-4-5-14-24(19)30-18-29(27-25(30)15-8-16-28-27)23-13-7-12-22(17-23)26-20(2)10-6-11-21(26)3;1-19-9-4-5-14-24(19)30-18-29(25-15-8-16-28-27(25)30)23-13-7-12-22(17-23)26-20(2)10-6-11-21(26)3;1-16-9-5-6-12-18(16)22-15-21(17-10-3-2-4-11-17)19-13-7-8-14-20(19)22;;;/h2*4-12,14-18H,1-3H3;2-10,12-15H,1H3;;;/q3*-2;;;. The van der Waals surface area contributed by atoms with Crippen LogP contribution in [0.1, 0.15) is 38.9 Å². The molecule has 0 unspecified atom stereocenters. The number of rotatable bonds is 8. The van der Waals surface area contributed by atoms with E-state index in [1.54, 1.807) is 0 Å². The fourth-order valence-electron chi connectivity index (χ4n) is 11.3. The Kier molecular flexibility index (Phi) is 19.8.